The Labute approximate surface area is 104 Å². The zero-order chi connectivity index (χ0) is 12.1. The van der Waals surface area contributed by atoms with E-state index >= 15 is 0 Å². The monoisotopic (exact) mass is 233 g/mol. The maximum atomic E-state index is 10.4. The molecule has 0 radical (unpaired) electrons. The summed E-state index contributed by atoms with van der Waals surface area (Å²) < 4.78 is 0. The van der Waals surface area contributed by atoms with Crippen LogP contribution in [0.3, 0.4) is 0 Å². The Hall–Kier alpha value is -0.890. The highest BCUT2D eigenvalue weighted by atomic mass is 16.3. The fourth-order valence-electron chi connectivity index (χ4n) is 3.13. The molecule has 17 heavy (non-hydrogen) atoms. The molecule has 3 unspecified atom stereocenters. The summed E-state index contributed by atoms with van der Waals surface area (Å²) in [6.45, 7) is 2.25. The average molecular weight is 233 g/mol. The van der Waals surface area contributed by atoms with E-state index in [1.165, 1.54) is 32.1 Å². The predicted molar refractivity (Wildman–Crippen MR) is 69.7 cm³/mol. The Bertz CT molecular complexity index is 325. The van der Waals surface area contributed by atoms with Gasteiger partial charge in [-0.15, -0.1) is 0 Å². The summed E-state index contributed by atoms with van der Waals surface area (Å²) in [5.41, 5.74) is 1.01. The van der Waals surface area contributed by atoms with Crippen LogP contribution >= 0.6 is 0 Å². The van der Waals surface area contributed by atoms with Crippen molar-refractivity contribution in [3.8, 4) is 0 Å². The Balaban J connectivity index is 1.96. The number of pyridine rings is 1. The Morgan fingerprint density at radius 3 is 2.88 bits per heavy atom. The SMILES string of the molecule is CCC1CCCCC1C(O)Cc1ccccn1. The van der Waals surface area contributed by atoms with E-state index in [4.69, 9.17) is 0 Å². The fraction of sp³-hybridized carbons (Fsp3) is 0.667. The second-order valence-electron chi connectivity index (χ2n) is 5.21. The van der Waals surface area contributed by atoms with Crippen molar-refractivity contribution in [3.05, 3.63) is 30.1 Å². The Morgan fingerprint density at radius 2 is 2.18 bits per heavy atom. The molecule has 0 amide bonds. The lowest BCUT2D eigenvalue weighted by atomic mass is 9.74. The molecule has 1 aliphatic carbocycles. The first kappa shape index (κ1) is 12.6. The van der Waals surface area contributed by atoms with Crippen molar-refractivity contribution in [2.75, 3.05) is 0 Å². The Kier molecular flexibility index (Phi) is 4.55. The molecule has 0 aromatic carbocycles. The van der Waals surface area contributed by atoms with Crippen LogP contribution in [0.4, 0.5) is 0 Å². The summed E-state index contributed by atoms with van der Waals surface area (Å²) >= 11 is 0. The summed E-state index contributed by atoms with van der Waals surface area (Å²) in [5.74, 6) is 1.19. The molecule has 0 spiro atoms. The summed E-state index contributed by atoms with van der Waals surface area (Å²) in [5, 5.41) is 10.4. The molecule has 0 saturated heterocycles. The van der Waals surface area contributed by atoms with E-state index in [2.05, 4.69) is 11.9 Å². The van der Waals surface area contributed by atoms with Gasteiger partial charge >= 0.3 is 0 Å². The molecular weight excluding hydrogens is 210 g/mol. The lowest BCUT2D eigenvalue weighted by Gasteiger charge is -2.34. The van der Waals surface area contributed by atoms with Crippen LogP contribution in [0.25, 0.3) is 0 Å². The lowest BCUT2D eigenvalue weighted by molar-refractivity contribution is 0.0458. The number of aliphatic hydroxyl groups excluding tert-OH is 1. The number of rotatable bonds is 4. The van der Waals surface area contributed by atoms with Crippen molar-refractivity contribution in [1.82, 2.24) is 4.98 Å². The van der Waals surface area contributed by atoms with Gasteiger partial charge in [-0.05, 0) is 30.4 Å². The van der Waals surface area contributed by atoms with Crippen LogP contribution in [0, 0.1) is 11.8 Å². The molecule has 0 aliphatic heterocycles. The summed E-state index contributed by atoms with van der Waals surface area (Å²) in [6, 6.07) is 5.92. The number of nitrogens with zero attached hydrogens (tertiary/aromatic N) is 1. The topological polar surface area (TPSA) is 33.1 Å². The van der Waals surface area contributed by atoms with Crippen LogP contribution in [0.5, 0.6) is 0 Å². The fourth-order valence-corrected chi connectivity index (χ4v) is 3.13. The van der Waals surface area contributed by atoms with Crippen LogP contribution in [-0.2, 0) is 6.42 Å². The van der Waals surface area contributed by atoms with Gasteiger partial charge in [0, 0.05) is 18.3 Å². The van der Waals surface area contributed by atoms with Gasteiger partial charge < -0.3 is 5.11 Å². The van der Waals surface area contributed by atoms with E-state index in [0.29, 0.717) is 18.3 Å². The summed E-state index contributed by atoms with van der Waals surface area (Å²) in [6.07, 6.45) is 8.60. The zero-order valence-electron chi connectivity index (χ0n) is 10.7. The van der Waals surface area contributed by atoms with Crippen molar-refractivity contribution in [1.29, 1.82) is 0 Å². The van der Waals surface area contributed by atoms with Crippen molar-refractivity contribution in [2.24, 2.45) is 11.8 Å². The van der Waals surface area contributed by atoms with Gasteiger partial charge in [-0.25, -0.2) is 0 Å². The molecule has 1 fully saturated rings. The predicted octanol–water partition coefficient (Wildman–Crippen LogP) is 3.20. The number of hydrogen-bond donors (Lipinski definition) is 1. The molecule has 2 nitrogen and oxygen atoms in total. The van der Waals surface area contributed by atoms with Gasteiger partial charge in [0.25, 0.3) is 0 Å². The maximum absolute atomic E-state index is 10.4. The van der Waals surface area contributed by atoms with E-state index in [0.717, 1.165) is 5.69 Å². The van der Waals surface area contributed by atoms with Gasteiger partial charge in [-0.3, -0.25) is 4.98 Å². The molecule has 1 heterocycles. The maximum Gasteiger partial charge on any atom is 0.0626 e. The first-order valence-electron chi connectivity index (χ1n) is 6.89. The standard InChI is InChI=1S/C15H23NO/c1-2-12-7-3-4-9-14(12)15(17)11-13-8-5-6-10-16-13/h5-6,8,10,12,14-15,17H,2-4,7,9,11H2,1H3. The molecule has 2 heteroatoms. The van der Waals surface area contributed by atoms with Crippen molar-refractivity contribution < 1.29 is 5.11 Å². The van der Waals surface area contributed by atoms with Crippen molar-refractivity contribution in [3.63, 3.8) is 0 Å². The van der Waals surface area contributed by atoms with Gasteiger partial charge in [-0.1, -0.05) is 38.7 Å². The first-order chi connectivity index (χ1) is 8.31. The summed E-state index contributed by atoms with van der Waals surface area (Å²) in [4.78, 5) is 4.30. The van der Waals surface area contributed by atoms with Crippen LogP contribution in [0.2, 0.25) is 0 Å². The smallest absolute Gasteiger partial charge is 0.0626 e. The van der Waals surface area contributed by atoms with Gasteiger partial charge in [-0.2, -0.15) is 0 Å². The quantitative estimate of drug-likeness (QED) is 0.866. The molecule has 1 aliphatic rings. The molecule has 1 N–H and O–H groups in total. The third-order valence-corrected chi connectivity index (χ3v) is 4.13. The lowest BCUT2D eigenvalue weighted by Crippen LogP contribution is -2.32. The highest BCUT2D eigenvalue weighted by Gasteiger charge is 2.29. The van der Waals surface area contributed by atoms with Crippen LogP contribution < -0.4 is 0 Å². The molecule has 1 saturated carbocycles. The van der Waals surface area contributed by atoms with E-state index in [1.807, 2.05) is 18.2 Å². The highest BCUT2D eigenvalue weighted by Crippen LogP contribution is 2.35. The van der Waals surface area contributed by atoms with Crippen molar-refractivity contribution >= 4 is 0 Å². The van der Waals surface area contributed by atoms with Crippen LogP contribution in [0.1, 0.15) is 44.7 Å². The molecule has 0 bridgehead atoms. The second kappa shape index (κ2) is 6.15. The van der Waals surface area contributed by atoms with Gasteiger partial charge in [0.1, 0.15) is 0 Å². The molecular formula is C15H23NO. The molecule has 1 aromatic rings. The first-order valence-corrected chi connectivity index (χ1v) is 6.89. The van der Waals surface area contributed by atoms with Crippen LogP contribution in [0.15, 0.2) is 24.4 Å². The molecule has 2 rings (SSSR count). The minimum absolute atomic E-state index is 0.213. The Morgan fingerprint density at radius 1 is 1.35 bits per heavy atom. The number of hydrogen-bond acceptors (Lipinski definition) is 2. The van der Waals surface area contributed by atoms with E-state index in [9.17, 15) is 5.11 Å². The normalized spacial score (nSPS) is 26.7. The van der Waals surface area contributed by atoms with E-state index < -0.39 is 0 Å². The minimum atomic E-state index is -0.213. The molecule has 1 aromatic heterocycles. The number of aliphatic hydroxyl groups is 1. The molecule has 94 valence electrons. The second-order valence-corrected chi connectivity index (χ2v) is 5.21. The minimum Gasteiger partial charge on any atom is -0.392 e. The van der Waals surface area contributed by atoms with Gasteiger partial charge in [0.05, 0.1) is 6.10 Å². The third-order valence-electron chi connectivity index (χ3n) is 4.13. The highest BCUT2D eigenvalue weighted by molar-refractivity contribution is 5.05. The van der Waals surface area contributed by atoms with Crippen molar-refractivity contribution in [2.45, 2.75) is 51.6 Å². The van der Waals surface area contributed by atoms with Gasteiger partial charge in [0.2, 0.25) is 0 Å². The van der Waals surface area contributed by atoms with Gasteiger partial charge in [0.15, 0.2) is 0 Å². The van der Waals surface area contributed by atoms with E-state index in [-0.39, 0.29) is 6.10 Å². The average Bonchev–Trinajstić information content (AvgIpc) is 2.40. The largest absolute Gasteiger partial charge is 0.392 e. The molecule has 3 atom stereocenters. The zero-order valence-corrected chi connectivity index (χ0v) is 10.7. The third kappa shape index (κ3) is 3.29. The van der Waals surface area contributed by atoms with Crippen LogP contribution in [-0.4, -0.2) is 16.2 Å². The van der Waals surface area contributed by atoms with E-state index in [1.54, 1.807) is 6.20 Å². The summed E-state index contributed by atoms with van der Waals surface area (Å²) in [7, 11) is 0. The number of aromatic nitrogens is 1.